The van der Waals surface area contributed by atoms with Gasteiger partial charge in [-0.2, -0.15) is 0 Å². The molecule has 1 aliphatic heterocycles. The number of barbiturate groups is 1. The lowest BCUT2D eigenvalue weighted by Crippen LogP contribution is -2.55. The number of hydrogen-bond acceptors (Lipinski definition) is 5. The zero-order chi connectivity index (χ0) is 16.8. The van der Waals surface area contributed by atoms with Crippen molar-refractivity contribution in [1.82, 2.24) is 10.6 Å². The van der Waals surface area contributed by atoms with Gasteiger partial charge in [0, 0.05) is 0 Å². The first-order chi connectivity index (χ1) is 11.0. The van der Waals surface area contributed by atoms with Gasteiger partial charge in [-0.25, -0.2) is 4.79 Å². The van der Waals surface area contributed by atoms with E-state index in [1.807, 2.05) is 10.6 Å². The van der Waals surface area contributed by atoms with Gasteiger partial charge < -0.3 is 9.47 Å². The number of hydrogen-bond donors (Lipinski definition) is 2. The van der Waals surface area contributed by atoms with Crippen molar-refractivity contribution in [2.24, 2.45) is 5.92 Å². The lowest BCUT2D eigenvalue weighted by molar-refractivity contribution is -0.133. The Morgan fingerprint density at radius 3 is 2.48 bits per heavy atom. The molecule has 2 rings (SSSR count). The Morgan fingerprint density at radius 2 is 1.87 bits per heavy atom. The van der Waals surface area contributed by atoms with Gasteiger partial charge in [-0.05, 0) is 17.7 Å². The summed E-state index contributed by atoms with van der Waals surface area (Å²) in [5.74, 6) is -1.30. The van der Waals surface area contributed by atoms with Crippen molar-refractivity contribution in [2.45, 2.75) is 0 Å². The summed E-state index contributed by atoms with van der Waals surface area (Å²) in [5, 5.41) is 4.07. The van der Waals surface area contributed by atoms with Gasteiger partial charge in [-0.3, -0.25) is 20.2 Å². The summed E-state index contributed by atoms with van der Waals surface area (Å²) in [6, 6.07) is 4.36. The van der Waals surface area contributed by atoms with Crippen LogP contribution in [-0.2, 0) is 9.59 Å². The Labute approximate surface area is 133 Å². The van der Waals surface area contributed by atoms with Gasteiger partial charge in [-0.15, -0.1) is 0 Å². The molecule has 7 heteroatoms. The number of urea groups is 1. The van der Waals surface area contributed by atoms with E-state index in [9.17, 15) is 14.4 Å². The quantitative estimate of drug-likeness (QED) is 0.608. The molecule has 7 nitrogen and oxygen atoms in total. The maximum absolute atomic E-state index is 11.6. The van der Waals surface area contributed by atoms with Gasteiger partial charge in [-0.1, -0.05) is 30.9 Å². The maximum Gasteiger partial charge on any atom is 0.328 e. The maximum atomic E-state index is 11.6. The topological polar surface area (TPSA) is 93.7 Å². The number of carbonyl (C=O) groups excluding carboxylic acids is 3. The summed E-state index contributed by atoms with van der Waals surface area (Å²) in [7, 11) is 1.51. The Kier molecular flexibility index (Phi) is 5.14. The number of amides is 4. The van der Waals surface area contributed by atoms with Crippen molar-refractivity contribution in [1.29, 1.82) is 0 Å². The fourth-order valence-corrected chi connectivity index (χ4v) is 1.97. The normalized spacial score (nSPS) is 15.3. The lowest BCUT2D eigenvalue weighted by Gasteiger charge is -2.17. The highest BCUT2D eigenvalue weighted by Crippen LogP contribution is 2.28. The minimum atomic E-state index is -1.06. The Hall–Kier alpha value is -3.09. The third-order valence-electron chi connectivity index (χ3n) is 3.06. The standard InChI is InChI=1S/C16H16N2O5/c1-3-8-23-12-7-5-10(9-13(12)22-2)4-6-11-14(19)17-16(21)18-15(11)20/h3-7,9,11H,1,8H2,2H3,(H2,17,18,19,20,21)/b6-4+. The van der Waals surface area contributed by atoms with E-state index >= 15 is 0 Å². The van der Waals surface area contributed by atoms with E-state index in [4.69, 9.17) is 9.47 Å². The van der Waals surface area contributed by atoms with Crippen LogP contribution in [0.15, 0.2) is 36.9 Å². The molecule has 1 saturated heterocycles. The molecule has 1 heterocycles. The molecule has 1 aromatic carbocycles. The number of benzene rings is 1. The first-order valence-electron chi connectivity index (χ1n) is 6.80. The molecule has 0 bridgehead atoms. The highest BCUT2D eigenvalue weighted by molar-refractivity contribution is 6.17. The molecule has 0 atom stereocenters. The van der Waals surface area contributed by atoms with Gasteiger partial charge >= 0.3 is 6.03 Å². The third-order valence-corrected chi connectivity index (χ3v) is 3.06. The van der Waals surface area contributed by atoms with Gasteiger partial charge in [0.15, 0.2) is 11.5 Å². The van der Waals surface area contributed by atoms with Crippen LogP contribution in [0.4, 0.5) is 4.79 Å². The van der Waals surface area contributed by atoms with Crippen molar-refractivity contribution in [2.75, 3.05) is 13.7 Å². The van der Waals surface area contributed by atoms with Gasteiger partial charge in [0.05, 0.1) is 7.11 Å². The molecule has 0 saturated carbocycles. The SMILES string of the molecule is C=CCOc1ccc(/C=C/C2C(=O)NC(=O)NC2=O)cc1OC. The second-order valence-electron chi connectivity index (χ2n) is 4.65. The summed E-state index contributed by atoms with van der Waals surface area (Å²) in [4.78, 5) is 34.3. The second kappa shape index (κ2) is 7.26. The molecule has 4 amide bonds. The zero-order valence-electron chi connectivity index (χ0n) is 12.5. The van der Waals surface area contributed by atoms with E-state index in [1.54, 1.807) is 30.4 Å². The van der Waals surface area contributed by atoms with Crippen molar-refractivity contribution in [3.63, 3.8) is 0 Å². The van der Waals surface area contributed by atoms with Crippen LogP contribution in [0, 0.1) is 5.92 Å². The molecule has 0 spiro atoms. The third kappa shape index (κ3) is 3.97. The van der Waals surface area contributed by atoms with Crippen LogP contribution in [-0.4, -0.2) is 31.6 Å². The molecular weight excluding hydrogens is 300 g/mol. The van der Waals surface area contributed by atoms with E-state index < -0.39 is 23.8 Å². The molecule has 23 heavy (non-hydrogen) atoms. The highest BCUT2D eigenvalue weighted by atomic mass is 16.5. The summed E-state index contributed by atoms with van der Waals surface area (Å²) < 4.78 is 10.7. The smallest absolute Gasteiger partial charge is 0.328 e. The van der Waals surface area contributed by atoms with E-state index in [0.29, 0.717) is 23.7 Å². The van der Waals surface area contributed by atoms with Crippen molar-refractivity contribution < 1.29 is 23.9 Å². The minimum Gasteiger partial charge on any atom is -0.493 e. The number of methoxy groups -OCH3 is 1. The number of imide groups is 2. The van der Waals surface area contributed by atoms with E-state index in [1.165, 1.54) is 13.2 Å². The van der Waals surface area contributed by atoms with Crippen molar-refractivity contribution in [3.05, 3.63) is 42.5 Å². The average molecular weight is 316 g/mol. The monoisotopic (exact) mass is 316 g/mol. The van der Waals surface area contributed by atoms with Crippen molar-refractivity contribution in [3.8, 4) is 11.5 Å². The average Bonchev–Trinajstić information content (AvgIpc) is 2.52. The molecule has 0 aliphatic carbocycles. The van der Waals surface area contributed by atoms with Crippen LogP contribution in [0.2, 0.25) is 0 Å². The zero-order valence-corrected chi connectivity index (χ0v) is 12.5. The number of ether oxygens (including phenoxy) is 2. The summed E-state index contributed by atoms with van der Waals surface area (Å²) >= 11 is 0. The first kappa shape index (κ1) is 16.3. The first-order valence-corrected chi connectivity index (χ1v) is 6.80. The van der Waals surface area contributed by atoms with Crippen LogP contribution in [0.25, 0.3) is 6.08 Å². The van der Waals surface area contributed by atoms with Gasteiger partial charge in [0.1, 0.15) is 12.5 Å². The molecule has 120 valence electrons. The van der Waals surface area contributed by atoms with E-state index in [2.05, 4.69) is 6.58 Å². The molecule has 2 N–H and O–H groups in total. The van der Waals surface area contributed by atoms with Crippen molar-refractivity contribution >= 4 is 23.9 Å². The Bertz CT molecular complexity index is 661. The van der Waals surface area contributed by atoms with Gasteiger partial charge in [0.25, 0.3) is 0 Å². The van der Waals surface area contributed by atoms with Crippen LogP contribution < -0.4 is 20.1 Å². The fraction of sp³-hybridized carbons (Fsp3) is 0.188. The van der Waals surface area contributed by atoms with Crippen LogP contribution >= 0.6 is 0 Å². The molecule has 1 fully saturated rings. The summed E-state index contributed by atoms with van der Waals surface area (Å²) in [6.45, 7) is 3.92. The second-order valence-corrected chi connectivity index (χ2v) is 4.65. The van der Waals surface area contributed by atoms with E-state index in [0.717, 1.165) is 0 Å². The Morgan fingerprint density at radius 1 is 1.17 bits per heavy atom. The van der Waals surface area contributed by atoms with E-state index in [-0.39, 0.29) is 0 Å². The minimum absolute atomic E-state index is 0.349. The molecule has 0 radical (unpaired) electrons. The number of carbonyl (C=O) groups is 3. The van der Waals surface area contributed by atoms with Crippen LogP contribution in [0.1, 0.15) is 5.56 Å². The van der Waals surface area contributed by atoms with Crippen LogP contribution in [0.5, 0.6) is 11.5 Å². The highest BCUT2D eigenvalue weighted by Gasteiger charge is 2.31. The number of rotatable bonds is 6. The van der Waals surface area contributed by atoms with Crippen LogP contribution in [0.3, 0.4) is 0 Å². The predicted molar refractivity (Wildman–Crippen MR) is 82.9 cm³/mol. The fourth-order valence-electron chi connectivity index (χ4n) is 1.97. The number of nitrogens with one attached hydrogen (secondary N) is 2. The largest absolute Gasteiger partial charge is 0.493 e. The summed E-state index contributed by atoms with van der Waals surface area (Å²) in [5.41, 5.74) is 0.713. The molecule has 1 aromatic rings. The molecule has 1 aliphatic rings. The molecule has 0 aromatic heterocycles. The molecule has 0 unspecified atom stereocenters. The lowest BCUT2D eigenvalue weighted by atomic mass is 10.0. The van der Waals surface area contributed by atoms with Gasteiger partial charge in [0.2, 0.25) is 11.8 Å². The summed E-state index contributed by atoms with van der Waals surface area (Å²) in [6.07, 6.45) is 4.63. The Balaban J connectivity index is 2.16. The predicted octanol–water partition coefficient (Wildman–Crippen LogP) is 1.26. The molecular formula is C16H16N2O5.